The zero-order valence-corrected chi connectivity index (χ0v) is 19.0. The first-order valence-electron chi connectivity index (χ1n) is 11.6. The summed E-state index contributed by atoms with van der Waals surface area (Å²) >= 11 is 0. The largest absolute Gasteiger partial charge is 0.337 e. The Balaban J connectivity index is 1.40. The van der Waals surface area contributed by atoms with E-state index in [4.69, 9.17) is 4.98 Å². The van der Waals surface area contributed by atoms with Crippen molar-refractivity contribution in [1.82, 2.24) is 24.6 Å². The van der Waals surface area contributed by atoms with Gasteiger partial charge in [0.05, 0.1) is 22.7 Å². The van der Waals surface area contributed by atoms with E-state index in [1.165, 1.54) is 12.1 Å². The Bertz CT molecular complexity index is 1220. The van der Waals surface area contributed by atoms with E-state index < -0.39 is 5.82 Å². The standard InChI is InChI=1S/C25H28FN5O2/c1-16(2)31-23-20(15-27-31)19(14-22(28-23)17-8-9-17)25(33)30-11-5-10-29(12-13-30)24(32)18-6-3-4-7-21(18)26/h3-4,6-7,14-17H,5,8-13H2,1-2H3. The van der Waals surface area contributed by atoms with Crippen LogP contribution in [0.2, 0.25) is 0 Å². The van der Waals surface area contributed by atoms with Gasteiger partial charge in [-0.15, -0.1) is 0 Å². The van der Waals surface area contributed by atoms with E-state index in [2.05, 4.69) is 18.9 Å². The molecular formula is C25H28FN5O2. The van der Waals surface area contributed by atoms with E-state index >= 15 is 0 Å². The van der Waals surface area contributed by atoms with Gasteiger partial charge in [-0.3, -0.25) is 9.59 Å². The summed E-state index contributed by atoms with van der Waals surface area (Å²) in [7, 11) is 0. The highest BCUT2D eigenvalue weighted by atomic mass is 19.1. The van der Waals surface area contributed by atoms with E-state index in [-0.39, 0.29) is 23.4 Å². The van der Waals surface area contributed by atoms with Gasteiger partial charge in [0.2, 0.25) is 0 Å². The van der Waals surface area contributed by atoms with Crippen molar-refractivity contribution in [2.24, 2.45) is 0 Å². The van der Waals surface area contributed by atoms with Gasteiger partial charge in [-0.1, -0.05) is 12.1 Å². The van der Waals surface area contributed by atoms with Crippen LogP contribution >= 0.6 is 0 Å². The maximum atomic E-state index is 14.1. The van der Waals surface area contributed by atoms with Crippen molar-refractivity contribution >= 4 is 22.8 Å². The highest BCUT2D eigenvalue weighted by Gasteiger charge is 2.30. The van der Waals surface area contributed by atoms with Crippen molar-refractivity contribution in [1.29, 1.82) is 0 Å². The van der Waals surface area contributed by atoms with Gasteiger partial charge < -0.3 is 9.80 Å². The van der Waals surface area contributed by atoms with Gasteiger partial charge in [-0.25, -0.2) is 14.1 Å². The predicted molar refractivity (Wildman–Crippen MR) is 123 cm³/mol. The van der Waals surface area contributed by atoms with Gasteiger partial charge in [-0.05, 0) is 51.3 Å². The molecule has 0 radical (unpaired) electrons. The predicted octanol–water partition coefficient (Wildman–Crippen LogP) is 4.02. The van der Waals surface area contributed by atoms with Gasteiger partial charge in [0.1, 0.15) is 5.82 Å². The van der Waals surface area contributed by atoms with Crippen molar-refractivity contribution in [3.63, 3.8) is 0 Å². The van der Waals surface area contributed by atoms with Crippen molar-refractivity contribution in [3.05, 3.63) is 59.2 Å². The molecule has 5 rings (SSSR count). The van der Waals surface area contributed by atoms with E-state index in [0.717, 1.165) is 29.6 Å². The van der Waals surface area contributed by atoms with Crippen LogP contribution in [0.1, 0.15) is 71.5 Å². The Labute approximate surface area is 192 Å². The molecule has 0 N–H and O–H groups in total. The highest BCUT2D eigenvalue weighted by molar-refractivity contribution is 6.05. The highest BCUT2D eigenvalue weighted by Crippen LogP contribution is 2.40. The number of carbonyl (C=O) groups excluding carboxylic acids is 2. The molecule has 8 heteroatoms. The smallest absolute Gasteiger partial charge is 0.256 e. The van der Waals surface area contributed by atoms with E-state index in [0.29, 0.717) is 44.1 Å². The number of halogens is 1. The first kappa shape index (κ1) is 21.6. The first-order valence-corrected chi connectivity index (χ1v) is 11.6. The Morgan fingerprint density at radius 1 is 1.00 bits per heavy atom. The molecule has 7 nitrogen and oxygen atoms in total. The van der Waals surface area contributed by atoms with Crippen LogP contribution in [0.3, 0.4) is 0 Å². The lowest BCUT2D eigenvalue weighted by Crippen LogP contribution is -2.37. The lowest BCUT2D eigenvalue weighted by atomic mass is 10.1. The summed E-state index contributed by atoms with van der Waals surface area (Å²) in [6.45, 7) is 5.90. The van der Waals surface area contributed by atoms with E-state index in [9.17, 15) is 14.0 Å². The molecule has 2 fully saturated rings. The summed E-state index contributed by atoms with van der Waals surface area (Å²) in [5, 5.41) is 5.26. The quantitative estimate of drug-likeness (QED) is 0.603. The molecule has 2 amide bonds. The molecule has 1 saturated carbocycles. The average molecular weight is 450 g/mol. The Morgan fingerprint density at radius 3 is 2.30 bits per heavy atom. The van der Waals surface area contributed by atoms with Crippen molar-refractivity contribution in [2.45, 2.75) is 45.1 Å². The van der Waals surface area contributed by atoms with Crippen LogP contribution in [-0.2, 0) is 0 Å². The molecule has 1 aliphatic carbocycles. The zero-order chi connectivity index (χ0) is 23.1. The van der Waals surface area contributed by atoms with Crippen LogP contribution < -0.4 is 0 Å². The first-order chi connectivity index (χ1) is 15.9. The minimum atomic E-state index is -0.520. The zero-order valence-electron chi connectivity index (χ0n) is 19.0. The van der Waals surface area contributed by atoms with Gasteiger partial charge in [0.15, 0.2) is 5.65 Å². The number of rotatable bonds is 4. The number of hydrogen-bond donors (Lipinski definition) is 0. The molecule has 0 spiro atoms. The lowest BCUT2D eigenvalue weighted by Gasteiger charge is -2.23. The third-order valence-electron chi connectivity index (χ3n) is 6.48. The Hall–Kier alpha value is -3.29. The average Bonchev–Trinajstić information content (AvgIpc) is 3.60. The minimum absolute atomic E-state index is 0.0622. The Morgan fingerprint density at radius 2 is 1.67 bits per heavy atom. The molecule has 172 valence electrons. The lowest BCUT2D eigenvalue weighted by molar-refractivity contribution is 0.0717. The summed E-state index contributed by atoms with van der Waals surface area (Å²) < 4.78 is 16.0. The van der Waals surface area contributed by atoms with E-state index in [1.807, 2.05) is 10.7 Å². The molecule has 1 aromatic carbocycles. The van der Waals surface area contributed by atoms with Crippen LogP contribution in [0.25, 0.3) is 11.0 Å². The fraction of sp³-hybridized carbons (Fsp3) is 0.440. The molecule has 3 heterocycles. The topological polar surface area (TPSA) is 71.3 Å². The van der Waals surface area contributed by atoms with Gasteiger partial charge in [0, 0.05) is 43.8 Å². The van der Waals surface area contributed by atoms with Gasteiger partial charge >= 0.3 is 0 Å². The monoisotopic (exact) mass is 449 g/mol. The minimum Gasteiger partial charge on any atom is -0.337 e. The molecule has 0 atom stereocenters. The van der Waals surface area contributed by atoms with Crippen molar-refractivity contribution in [2.75, 3.05) is 26.2 Å². The molecule has 0 unspecified atom stereocenters. The summed E-state index contributed by atoms with van der Waals surface area (Å²) in [5.74, 6) is -0.501. The van der Waals surface area contributed by atoms with Crippen molar-refractivity contribution < 1.29 is 14.0 Å². The molecular weight excluding hydrogens is 421 g/mol. The molecule has 2 aliphatic rings. The number of hydrogen-bond acceptors (Lipinski definition) is 4. The van der Waals surface area contributed by atoms with Crippen LogP contribution in [0.15, 0.2) is 36.5 Å². The third kappa shape index (κ3) is 4.10. The summed E-state index contributed by atoms with van der Waals surface area (Å²) in [6, 6.07) is 8.11. The number of fused-ring (bicyclic) bond motifs is 1. The molecule has 33 heavy (non-hydrogen) atoms. The van der Waals surface area contributed by atoms with Crippen molar-refractivity contribution in [3.8, 4) is 0 Å². The maximum absolute atomic E-state index is 14.1. The molecule has 1 aliphatic heterocycles. The number of aromatic nitrogens is 3. The van der Waals surface area contributed by atoms with Gasteiger partial charge in [-0.2, -0.15) is 5.10 Å². The molecule has 1 saturated heterocycles. The SMILES string of the molecule is CC(C)n1ncc2c(C(=O)N3CCCN(C(=O)c4ccccc4F)CC3)cc(C3CC3)nc21. The van der Waals surface area contributed by atoms with Crippen LogP contribution in [0, 0.1) is 5.82 Å². The second kappa shape index (κ2) is 8.57. The number of benzene rings is 1. The molecule has 2 aromatic heterocycles. The molecule has 0 bridgehead atoms. The summed E-state index contributed by atoms with van der Waals surface area (Å²) in [6.07, 6.45) is 4.57. The maximum Gasteiger partial charge on any atom is 0.256 e. The second-order valence-electron chi connectivity index (χ2n) is 9.21. The number of carbonyl (C=O) groups is 2. The number of pyridine rings is 1. The Kier molecular flexibility index (Phi) is 5.60. The number of amides is 2. The number of nitrogens with zero attached hydrogens (tertiary/aromatic N) is 5. The van der Waals surface area contributed by atoms with E-state index in [1.54, 1.807) is 28.1 Å². The fourth-order valence-corrected chi connectivity index (χ4v) is 4.48. The second-order valence-corrected chi connectivity index (χ2v) is 9.21. The normalized spacial score (nSPS) is 17.0. The van der Waals surface area contributed by atoms with Gasteiger partial charge in [0.25, 0.3) is 11.8 Å². The summed E-state index contributed by atoms with van der Waals surface area (Å²) in [4.78, 5) is 34.8. The fourth-order valence-electron chi connectivity index (χ4n) is 4.48. The molecule has 3 aromatic rings. The van der Waals surface area contributed by atoms with Crippen LogP contribution in [0.5, 0.6) is 0 Å². The third-order valence-corrected chi connectivity index (χ3v) is 6.48. The summed E-state index contributed by atoms with van der Waals surface area (Å²) in [5.41, 5.74) is 2.41. The van der Waals surface area contributed by atoms with Crippen LogP contribution in [-0.4, -0.2) is 62.6 Å². The van der Waals surface area contributed by atoms with Crippen LogP contribution in [0.4, 0.5) is 4.39 Å².